The molecular weight excluding hydrogens is 318 g/mol. The van der Waals surface area contributed by atoms with E-state index in [0.29, 0.717) is 18.0 Å². The van der Waals surface area contributed by atoms with Crippen LogP contribution in [0.15, 0.2) is 34.9 Å². The van der Waals surface area contributed by atoms with E-state index < -0.39 is 9.84 Å². The molecule has 2 aromatic rings. The molecule has 0 saturated carbocycles. The van der Waals surface area contributed by atoms with Gasteiger partial charge >= 0.3 is 0 Å². The third kappa shape index (κ3) is 3.70. The number of hydrogen-bond acceptors (Lipinski definition) is 5. The highest BCUT2D eigenvalue weighted by atomic mass is 32.2. The van der Waals surface area contributed by atoms with Crippen LogP contribution in [0.4, 0.5) is 5.82 Å². The van der Waals surface area contributed by atoms with Gasteiger partial charge in [0, 0.05) is 12.1 Å². The van der Waals surface area contributed by atoms with E-state index in [1.165, 1.54) is 6.08 Å². The normalized spacial score (nSPS) is 20.1. The quantitative estimate of drug-likeness (QED) is 0.860. The number of furan rings is 1. The summed E-state index contributed by atoms with van der Waals surface area (Å²) in [6.07, 6.45) is 4.98. The standard InChI is InChI=1S/C15H17N3O4S/c1-11-2-3-13(22-11)4-5-15(19)17-14-6-8-16-18(14)12-7-9-23(20,21)10-12/h2-6,8,12H,7,9-10H2,1H3,(H,17,19)/b5-4+/t12-/m1/s1. The van der Waals surface area contributed by atoms with Gasteiger partial charge in [-0.25, -0.2) is 13.1 Å². The molecule has 3 heterocycles. The maximum Gasteiger partial charge on any atom is 0.249 e. The Hall–Kier alpha value is -2.35. The van der Waals surface area contributed by atoms with E-state index in [9.17, 15) is 13.2 Å². The Kier molecular flexibility index (Phi) is 4.08. The Labute approximate surface area is 133 Å². The van der Waals surface area contributed by atoms with E-state index in [-0.39, 0.29) is 23.5 Å². The zero-order valence-corrected chi connectivity index (χ0v) is 13.4. The van der Waals surface area contributed by atoms with Crippen LogP contribution >= 0.6 is 0 Å². The fourth-order valence-corrected chi connectivity index (χ4v) is 4.23. The first-order valence-electron chi connectivity index (χ1n) is 7.22. The topological polar surface area (TPSA) is 94.2 Å². The van der Waals surface area contributed by atoms with Gasteiger partial charge in [0.05, 0.1) is 23.7 Å². The molecule has 122 valence electrons. The van der Waals surface area contributed by atoms with E-state index >= 15 is 0 Å². The van der Waals surface area contributed by atoms with Crippen LogP contribution in [0.1, 0.15) is 24.0 Å². The molecule has 1 atom stereocenters. The van der Waals surface area contributed by atoms with E-state index in [0.717, 1.165) is 5.76 Å². The lowest BCUT2D eigenvalue weighted by atomic mass is 10.3. The van der Waals surface area contributed by atoms with Gasteiger partial charge in [-0.1, -0.05) is 0 Å². The summed E-state index contributed by atoms with van der Waals surface area (Å²) in [4.78, 5) is 12.0. The van der Waals surface area contributed by atoms with Gasteiger partial charge in [0.2, 0.25) is 5.91 Å². The van der Waals surface area contributed by atoms with Crippen molar-refractivity contribution in [1.82, 2.24) is 9.78 Å². The van der Waals surface area contributed by atoms with Gasteiger partial charge in [-0.05, 0) is 31.6 Å². The molecule has 1 saturated heterocycles. The van der Waals surface area contributed by atoms with E-state index in [1.54, 1.807) is 29.1 Å². The third-order valence-corrected chi connectivity index (χ3v) is 5.39. The Morgan fingerprint density at radius 1 is 1.43 bits per heavy atom. The summed E-state index contributed by atoms with van der Waals surface area (Å²) in [5, 5.41) is 6.84. The molecule has 7 nitrogen and oxygen atoms in total. The highest BCUT2D eigenvalue weighted by Crippen LogP contribution is 2.26. The Morgan fingerprint density at radius 3 is 2.91 bits per heavy atom. The lowest BCUT2D eigenvalue weighted by molar-refractivity contribution is -0.111. The molecule has 0 bridgehead atoms. The van der Waals surface area contributed by atoms with Gasteiger partial charge in [-0.15, -0.1) is 0 Å². The first-order valence-corrected chi connectivity index (χ1v) is 9.04. The van der Waals surface area contributed by atoms with Crippen molar-refractivity contribution in [1.29, 1.82) is 0 Å². The minimum Gasteiger partial charge on any atom is -0.462 e. The number of hydrogen-bond donors (Lipinski definition) is 1. The highest BCUT2D eigenvalue weighted by Gasteiger charge is 2.30. The highest BCUT2D eigenvalue weighted by molar-refractivity contribution is 7.91. The molecule has 1 N–H and O–H groups in total. The number of carbonyl (C=O) groups excluding carboxylic acids is 1. The molecule has 0 aromatic carbocycles. The average molecular weight is 335 g/mol. The molecule has 8 heteroatoms. The maximum absolute atomic E-state index is 12.0. The van der Waals surface area contributed by atoms with Crippen molar-refractivity contribution in [2.24, 2.45) is 0 Å². The van der Waals surface area contributed by atoms with Crippen LogP contribution in [0.25, 0.3) is 6.08 Å². The SMILES string of the molecule is Cc1ccc(/C=C/C(=O)Nc2ccnn2[C@@H]2CCS(=O)(=O)C2)o1. The van der Waals surface area contributed by atoms with Gasteiger partial charge in [-0.3, -0.25) is 4.79 Å². The first kappa shape index (κ1) is 15.5. The zero-order chi connectivity index (χ0) is 16.4. The van der Waals surface area contributed by atoms with E-state index in [2.05, 4.69) is 10.4 Å². The summed E-state index contributed by atoms with van der Waals surface area (Å²) in [5.74, 6) is 1.72. The molecule has 23 heavy (non-hydrogen) atoms. The smallest absolute Gasteiger partial charge is 0.249 e. The molecule has 1 aliphatic heterocycles. The van der Waals surface area contributed by atoms with Crippen molar-refractivity contribution in [2.75, 3.05) is 16.8 Å². The molecule has 1 fully saturated rings. The van der Waals surface area contributed by atoms with Crippen molar-refractivity contribution in [3.05, 3.63) is 42.0 Å². The van der Waals surface area contributed by atoms with Crippen LogP contribution in [0.3, 0.4) is 0 Å². The summed E-state index contributed by atoms with van der Waals surface area (Å²) in [5.41, 5.74) is 0. The van der Waals surface area contributed by atoms with Crippen molar-refractivity contribution in [2.45, 2.75) is 19.4 Å². The third-order valence-electron chi connectivity index (χ3n) is 3.64. The zero-order valence-electron chi connectivity index (χ0n) is 12.6. The maximum atomic E-state index is 12.0. The molecule has 0 aliphatic carbocycles. The van der Waals surface area contributed by atoms with Crippen LogP contribution in [-0.4, -0.2) is 35.6 Å². The monoisotopic (exact) mass is 335 g/mol. The fraction of sp³-hybridized carbons (Fsp3) is 0.333. The number of nitrogens with one attached hydrogen (secondary N) is 1. The lowest BCUT2D eigenvalue weighted by Crippen LogP contribution is -2.18. The van der Waals surface area contributed by atoms with Crippen molar-refractivity contribution >= 4 is 27.6 Å². The van der Waals surface area contributed by atoms with E-state index in [1.807, 2.05) is 13.0 Å². The van der Waals surface area contributed by atoms with Crippen molar-refractivity contribution < 1.29 is 17.6 Å². The van der Waals surface area contributed by atoms with Gasteiger partial charge < -0.3 is 9.73 Å². The molecule has 0 spiro atoms. The second-order valence-corrected chi connectivity index (χ2v) is 7.72. The fourth-order valence-electron chi connectivity index (χ4n) is 2.54. The van der Waals surface area contributed by atoms with Crippen molar-refractivity contribution in [3.63, 3.8) is 0 Å². The predicted octanol–water partition coefficient (Wildman–Crippen LogP) is 1.80. The molecule has 1 amide bonds. The van der Waals surface area contributed by atoms with Gasteiger partial charge in [0.15, 0.2) is 9.84 Å². The minimum atomic E-state index is -3.01. The Bertz CT molecular complexity index is 848. The number of anilines is 1. The van der Waals surface area contributed by atoms with Gasteiger partial charge in [0.1, 0.15) is 17.3 Å². The summed E-state index contributed by atoms with van der Waals surface area (Å²) < 4.78 is 30.1. The van der Waals surface area contributed by atoms with Gasteiger partial charge in [0.25, 0.3) is 0 Å². The Balaban J connectivity index is 1.68. The molecule has 0 radical (unpaired) electrons. The second-order valence-electron chi connectivity index (χ2n) is 5.49. The predicted molar refractivity (Wildman–Crippen MR) is 85.6 cm³/mol. The summed E-state index contributed by atoms with van der Waals surface area (Å²) >= 11 is 0. The number of sulfone groups is 1. The summed E-state index contributed by atoms with van der Waals surface area (Å²) in [7, 11) is -3.01. The summed E-state index contributed by atoms with van der Waals surface area (Å²) in [6, 6.07) is 5.00. The molecular formula is C15H17N3O4S. The van der Waals surface area contributed by atoms with Crippen LogP contribution in [0.2, 0.25) is 0 Å². The molecule has 1 aliphatic rings. The molecule has 0 unspecified atom stereocenters. The van der Waals surface area contributed by atoms with Crippen LogP contribution in [-0.2, 0) is 14.6 Å². The number of carbonyl (C=O) groups is 1. The van der Waals surface area contributed by atoms with Crippen LogP contribution in [0.5, 0.6) is 0 Å². The lowest BCUT2D eigenvalue weighted by Gasteiger charge is -2.12. The Morgan fingerprint density at radius 2 is 2.26 bits per heavy atom. The molecule has 3 rings (SSSR count). The summed E-state index contributed by atoms with van der Waals surface area (Å²) in [6.45, 7) is 1.83. The number of aryl methyl sites for hydroxylation is 1. The number of nitrogens with zero attached hydrogens (tertiary/aromatic N) is 2. The van der Waals surface area contributed by atoms with Crippen molar-refractivity contribution in [3.8, 4) is 0 Å². The second kappa shape index (κ2) is 6.04. The first-order chi connectivity index (χ1) is 10.9. The minimum absolute atomic E-state index is 0.0546. The average Bonchev–Trinajstić information content (AvgIpc) is 3.17. The van der Waals surface area contributed by atoms with Crippen LogP contribution in [0, 0.1) is 6.92 Å². The van der Waals surface area contributed by atoms with Gasteiger partial charge in [-0.2, -0.15) is 5.10 Å². The largest absolute Gasteiger partial charge is 0.462 e. The van der Waals surface area contributed by atoms with E-state index in [4.69, 9.17) is 4.42 Å². The van der Waals surface area contributed by atoms with Crippen LogP contribution < -0.4 is 5.32 Å². The molecule has 2 aromatic heterocycles. The number of amides is 1. The number of aromatic nitrogens is 2. The number of rotatable bonds is 4.